The summed E-state index contributed by atoms with van der Waals surface area (Å²) in [5.41, 5.74) is 6.49. The number of anilines is 2. The predicted octanol–water partition coefficient (Wildman–Crippen LogP) is 4.87. The maximum Gasteiger partial charge on any atom is 0.194 e. The van der Waals surface area contributed by atoms with Gasteiger partial charge in [-0.15, -0.1) is 0 Å². The molecule has 0 bridgehead atoms. The number of ketones is 1. The van der Waals surface area contributed by atoms with Crippen molar-refractivity contribution in [2.24, 2.45) is 0 Å². The van der Waals surface area contributed by atoms with Crippen molar-refractivity contribution in [3.05, 3.63) is 101 Å². The topological polar surface area (TPSA) is 41.1 Å². The van der Waals surface area contributed by atoms with Crippen molar-refractivity contribution in [1.29, 1.82) is 0 Å². The maximum atomic E-state index is 13.2. The Morgan fingerprint density at radius 1 is 0.680 bits per heavy atom. The van der Waals surface area contributed by atoms with E-state index in [1.165, 1.54) is 0 Å². The van der Waals surface area contributed by atoms with E-state index in [0.29, 0.717) is 0 Å². The highest BCUT2D eigenvalue weighted by molar-refractivity contribution is 6.23. The number of benzene rings is 3. The van der Waals surface area contributed by atoms with Crippen molar-refractivity contribution in [1.82, 2.24) is 0 Å². The Labute approximate surface area is 146 Å². The zero-order chi connectivity index (χ0) is 16.8. The lowest BCUT2D eigenvalue weighted by atomic mass is 9.95. The minimum absolute atomic E-state index is 0.0901. The van der Waals surface area contributed by atoms with Gasteiger partial charge in [-0.1, -0.05) is 66.7 Å². The summed E-state index contributed by atoms with van der Waals surface area (Å²) in [6, 6.07) is 25.8. The van der Waals surface area contributed by atoms with Gasteiger partial charge in [-0.05, 0) is 17.7 Å². The zero-order valence-electron chi connectivity index (χ0n) is 13.5. The molecular formula is C22H16N2O. The number of hydrogen-bond donors (Lipinski definition) is 2. The van der Waals surface area contributed by atoms with Crippen LogP contribution in [-0.2, 0) is 0 Å². The van der Waals surface area contributed by atoms with Gasteiger partial charge in [0.15, 0.2) is 5.78 Å². The number of para-hydroxylation sites is 2. The van der Waals surface area contributed by atoms with Crippen LogP contribution < -0.4 is 10.6 Å². The van der Waals surface area contributed by atoms with Gasteiger partial charge in [-0.2, -0.15) is 0 Å². The monoisotopic (exact) mass is 324 g/mol. The Hall–Kier alpha value is -3.33. The molecule has 120 valence electrons. The van der Waals surface area contributed by atoms with Crippen molar-refractivity contribution >= 4 is 22.9 Å². The molecule has 1 aliphatic heterocycles. The smallest absolute Gasteiger partial charge is 0.194 e. The first-order valence-electron chi connectivity index (χ1n) is 8.39. The summed E-state index contributed by atoms with van der Waals surface area (Å²) in [6.45, 7) is 0. The molecule has 0 radical (unpaired) electrons. The van der Waals surface area contributed by atoms with E-state index >= 15 is 0 Å². The normalized spacial score (nSPS) is 17.8. The molecule has 3 heteroatoms. The molecule has 0 amide bonds. The Morgan fingerprint density at radius 2 is 1.32 bits per heavy atom. The minimum atomic E-state index is -0.188. The summed E-state index contributed by atoms with van der Waals surface area (Å²) >= 11 is 0. The quantitative estimate of drug-likeness (QED) is 0.671. The number of fused-ring (bicyclic) bond motifs is 3. The van der Waals surface area contributed by atoms with E-state index in [1.807, 2.05) is 66.7 Å². The standard InChI is InChI=1S/C22H16N2O/c25-22-16-11-5-4-10-15(16)21-19(22)20(14-8-2-1-3-9-14)23-17-12-6-7-13-18(17)24-21/h1-13,20,23-24H. The maximum absolute atomic E-state index is 13.2. The van der Waals surface area contributed by atoms with E-state index in [4.69, 9.17) is 0 Å². The molecule has 0 fully saturated rings. The summed E-state index contributed by atoms with van der Waals surface area (Å²) in [5, 5.41) is 7.08. The van der Waals surface area contributed by atoms with E-state index in [1.54, 1.807) is 0 Å². The van der Waals surface area contributed by atoms with Gasteiger partial charge in [0.05, 0.1) is 28.7 Å². The molecule has 25 heavy (non-hydrogen) atoms. The molecule has 3 aromatic carbocycles. The molecule has 3 aromatic rings. The van der Waals surface area contributed by atoms with Crippen LogP contribution in [0, 0.1) is 0 Å². The number of rotatable bonds is 1. The Kier molecular flexibility index (Phi) is 3.01. The molecule has 2 aliphatic rings. The predicted molar refractivity (Wildman–Crippen MR) is 101 cm³/mol. The lowest BCUT2D eigenvalue weighted by Crippen LogP contribution is -2.17. The van der Waals surface area contributed by atoms with Crippen molar-refractivity contribution in [3.63, 3.8) is 0 Å². The largest absolute Gasteiger partial charge is 0.372 e. The Morgan fingerprint density at radius 3 is 2.12 bits per heavy atom. The molecule has 0 aromatic heterocycles. The van der Waals surface area contributed by atoms with Gasteiger partial charge in [0.1, 0.15) is 0 Å². The van der Waals surface area contributed by atoms with E-state index in [0.717, 1.165) is 39.3 Å². The average Bonchev–Trinajstić information content (AvgIpc) is 2.84. The van der Waals surface area contributed by atoms with Gasteiger partial charge < -0.3 is 10.6 Å². The number of Topliss-reactive ketones (excluding diaryl/α,β-unsaturated/α-hetero) is 1. The summed E-state index contributed by atoms with van der Waals surface area (Å²) in [4.78, 5) is 13.2. The first kappa shape index (κ1) is 14.1. The fourth-order valence-electron chi connectivity index (χ4n) is 3.69. The lowest BCUT2D eigenvalue weighted by molar-refractivity contribution is 0.103. The minimum Gasteiger partial charge on any atom is -0.372 e. The molecule has 1 atom stereocenters. The van der Waals surface area contributed by atoms with Crippen molar-refractivity contribution in [2.45, 2.75) is 6.04 Å². The number of carbonyl (C=O) groups excluding carboxylic acids is 1. The van der Waals surface area contributed by atoms with E-state index in [9.17, 15) is 4.79 Å². The van der Waals surface area contributed by atoms with Gasteiger partial charge >= 0.3 is 0 Å². The fourth-order valence-corrected chi connectivity index (χ4v) is 3.69. The van der Waals surface area contributed by atoms with Gasteiger partial charge in [0, 0.05) is 11.1 Å². The molecule has 0 spiro atoms. The summed E-state index contributed by atoms with van der Waals surface area (Å²) in [6.07, 6.45) is 0. The molecular weight excluding hydrogens is 308 g/mol. The van der Waals surface area contributed by atoms with Crippen molar-refractivity contribution in [2.75, 3.05) is 10.6 Å². The first-order chi connectivity index (χ1) is 12.3. The highest BCUT2D eigenvalue weighted by Crippen LogP contribution is 2.44. The van der Waals surface area contributed by atoms with Gasteiger partial charge in [0.2, 0.25) is 0 Å². The Balaban J connectivity index is 1.76. The SMILES string of the molecule is O=C1C2=C(Nc3ccccc3NC2c2ccccc2)c2ccccc21. The van der Waals surface area contributed by atoms with Crippen LogP contribution in [0.5, 0.6) is 0 Å². The highest BCUT2D eigenvalue weighted by Gasteiger charge is 2.37. The third-order valence-electron chi connectivity index (χ3n) is 4.86. The van der Waals surface area contributed by atoms with Crippen molar-refractivity contribution in [3.8, 4) is 0 Å². The molecule has 3 nitrogen and oxygen atoms in total. The number of hydrogen-bond acceptors (Lipinski definition) is 3. The van der Waals surface area contributed by atoms with Crippen LogP contribution in [0.25, 0.3) is 5.70 Å². The van der Waals surface area contributed by atoms with E-state index < -0.39 is 0 Å². The second kappa shape index (κ2) is 5.35. The number of carbonyl (C=O) groups is 1. The van der Waals surface area contributed by atoms with Crippen molar-refractivity contribution < 1.29 is 4.79 Å². The van der Waals surface area contributed by atoms with Gasteiger partial charge in [-0.3, -0.25) is 4.79 Å². The summed E-state index contributed by atoms with van der Waals surface area (Å²) in [5.74, 6) is 0.0901. The highest BCUT2D eigenvalue weighted by atomic mass is 16.1. The van der Waals surface area contributed by atoms with Crippen LogP contribution in [0.15, 0.2) is 84.4 Å². The van der Waals surface area contributed by atoms with E-state index in [2.05, 4.69) is 22.8 Å². The fraction of sp³-hybridized carbons (Fsp3) is 0.0455. The second-order valence-electron chi connectivity index (χ2n) is 6.32. The van der Waals surface area contributed by atoms with Crippen LogP contribution in [0.1, 0.15) is 27.5 Å². The third-order valence-corrected chi connectivity index (χ3v) is 4.86. The molecule has 1 aliphatic carbocycles. The molecule has 2 N–H and O–H groups in total. The average molecular weight is 324 g/mol. The van der Waals surface area contributed by atoms with Crippen LogP contribution in [0.3, 0.4) is 0 Å². The van der Waals surface area contributed by atoms with Gasteiger partial charge in [0.25, 0.3) is 0 Å². The molecule has 0 saturated carbocycles. The zero-order valence-corrected chi connectivity index (χ0v) is 13.5. The van der Waals surface area contributed by atoms with Crippen LogP contribution >= 0.6 is 0 Å². The van der Waals surface area contributed by atoms with Crippen LogP contribution in [0.4, 0.5) is 11.4 Å². The number of nitrogens with one attached hydrogen (secondary N) is 2. The van der Waals surface area contributed by atoms with E-state index in [-0.39, 0.29) is 11.8 Å². The van der Waals surface area contributed by atoms with Crippen LogP contribution in [0.2, 0.25) is 0 Å². The molecule has 0 saturated heterocycles. The molecule has 1 heterocycles. The summed E-state index contributed by atoms with van der Waals surface area (Å²) in [7, 11) is 0. The molecule has 1 unspecified atom stereocenters. The summed E-state index contributed by atoms with van der Waals surface area (Å²) < 4.78 is 0. The van der Waals surface area contributed by atoms with Crippen LogP contribution in [-0.4, -0.2) is 5.78 Å². The Bertz CT molecular complexity index is 1020. The van der Waals surface area contributed by atoms with Gasteiger partial charge in [-0.25, -0.2) is 0 Å². The third kappa shape index (κ3) is 2.09. The first-order valence-corrected chi connectivity index (χ1v) is 8.39. The molecule has 5 rings (SSSR count). The second-order valence-corrected chi connectivity index (χ2v) is 6.32. The lowest BCUT2D eigenvalue weighted by Gasteiger charge is -2.20.